The van der Waals surface area contributed by atoms with Crippen molar-refractivity contribution in [3.8, 4) is 5.75 Å². The molecule has 0 spiro atoms. The molecule has 1 aromatic carbocycles. The Morgan fingerprint density at radius 2 is 2.13 bits per heavy atom. The predicted octanol–water partition coefficient (Wildman–Crippen LogP) is 2.31. The van der Waals surface area contributed by atoms with Crippen LogP contribution in [0.15, 0.2) is 18.2 Å². The highest BCUT2D eigenvalue weighted by Gasteiger charge is 2.26. The zero-order chi connectivity index (χ0) is 17.0. The maximum Gasteiger partial charge on any atom is 0.410 e. The summed E-state index contributed by atoms with van der Waals surface area (Å²) in [5, 5.41) is 11.7. The number of carbonyl (C=O) groups excluding carboxylic acids is 1. The number of nitrogens with one attached hydrogen (secondary N) is 1. The molecule has 0 saturated heterocycles. The SMILES string of the molecule is CC(C)(C)OC(=O)N1CCOc2cccc(NCC(=O)O)c2C1. The number of carboxylic acids is 1. The zero-order valence-electron chi connectivity index (χ0n) is 13.6. The first-order valence-electron chi connectivity index (χ1n) is 7.44. The smallest absolute Gasteiger partial charge is 0.410 e. The van der Waals surface area contributed by atoms with Crippen molar-refractivity contribution in [1.29, 1.82) is 0 Å². The van der Waals surface area contributed by atoms with Crippen molar-refractivity contribution >= 4 is 17.7 Å². The zero-order valence-corrected chi connectivity index (χ0v) is 13.6. The minimum Gasteiger partial charge on any atom is -0.491 e. The summed E-state index contributed by atoms with van der Waals surface area (Å²) in [7, 11) is 0. The van der Waals surface area contributed by atoms with Crippen molar-refractivity contribution in [1.82, 2.24) is 4.90 Å². The van der Waals surface area contributed by atoms with Crippen LogP contribution in [-0.4, -0.2) is 47.4 Å². The van der Waals surface area contributed by atoms with E-state index in [9.17, 15) is 9.59 Å². The second-order valence-electron chi connectivity index (χ2n) is 6.28. The summed E-state index contributed by atoms with van der Waals surface area (Å²) in [5.41, 5.74) is 0.811. The molecule has 2 N–H and O–H groups in total. The van der Waals surface area contributed by atoms with Gasteiger partial charge in [0.15, 0.2) is 0 Å². The number of rotatable bonds is 3. The third-order valence-electron chi connectivity index (χ3n) is 3.18. The van der Waals surface area contributed by atoms with Gasteiger partial charge in [0.25, 0.3) is 0 Å². The third-order valence-corrected chi connectivity index (χ3v) is 3.18. The maximum absolute atomic E-state index is 12.3. The number of carboxylic acid groups (broad SMARTS) is 1. The number of nitrogens with zero attached hydrogens (tertiary/aromatic N) is 1. The van der Waals surface area contributed by atoms with Crippen molar-refractivity contribution < 1.29 is 24.2 Å². The van der Waals surface area contributed by atoms with Gasteiger partial charge < -0.3 is 24.8 Å². The second kappa shape index (κ2) is 6.76. The molecule has 1 heterocycles. The van der Waals surface area contributed by atoms with Crippen molar-refractivity contribution in [3.63, 3.8) is 0 Å². The lowest BCUT2D eigenvalue weighted by Crippen LogP contribution is -2.37. The Morgan fingerprint density at radius 1 is 1.39 bits per heavy atom. The summed E-state index contributed by atoms with van der Waals surface area (Å²) in [5.74, 6) is -0.312. The summed E-state index contributed by atoms with van der Waals surface area (Å²) in [4.78, 5) is 24.6. The highest BCUT2D eigenvalue weighted by molar-refractivity contribution is 5.74. The molecule has 0 unspecified atom stereocenters. The van der Waals surface area contributed by atoms with Gasteiger partial charge in [-0.1, -0.05) is 6.07 Å². The molecule has 1 aliphatic rings. The van der Waals surface area contributed by atoms with Crippen molar-refractivity contribution in [2.24, 2.45) is 0 Å². The van der Waals surface area contributed by atoms with Crippen molar-refractivity contribution in [3.05, 3.63) is 23.8 Å². The molecule has 2 rings (SSSR count). The van der Waals surface area contributed by atoms with Crippen LogP contribution in [0.25, 0.3) is 0 Å². The third kappa shape index (κ3) is 4.77. The van der Waals surface area contributed by atoms with Crippen LogP contribution in [0.1, 0.15) is 26.3 Å². The lowest BCUT2D eigenvalue weighted by molar-refractivity contribution is -0.134. The summed E-state index contributed by atoms with van der Waals surface area (Å²) in [6.45, 7) is 6.29. The highest BCUT2D eigenvalue weighted by atomic mass is 16.6. The molecule has 7 nitrogen and oxygen atoms in total. The van der Waals surface area contributed by atoms with Gasteiger partial charge in [-0.2, -0.15) is 0 Å². The van der Waals surface area contributed by atoms with Gasteiger partial charge in [-0.3, -0.25) is 4.79 Å². The first-order chi connectivity index (χ1) is 10.8. The first kappa shape index (κ1) is 16.9. The van der Waals surface area contributed by atoms with Crippen LogP contribution < -0.4 is 10.1 Å². The molecule has 23 heavy (non-hydrogen) atoms. The van der Waals surface area contributed by atoms with Crippen LogP contribution in [0, 0.1) is 0 Å². The molecule has 0 radical (unpaired) electrons. The molecule has 1 aromatic rings. The predicted molar refractivity (Wildman–Crippen MR) is 84.7 cm³/mol. The molecule has 0 bridgehead atoms. The summed E-state index contributed by atoms with van der Waals surface area (Å²) in [6.07, 6.45) is -0.415. The fourth-order valence-corrected chi connectivity index (χ4v) is 2.22. The Hall–Kier alpha value is -2.44. The Kier molecular flexibility index (Phi) is 4.98. The average molecular weight is 322 g/mol. The monoisotopic (exact) mass is 322 g/mol. The molecule has 1 aliphatic heterocycles. The van der Waals surface area contributed by atoms with Crippen LogP contribution in [-0.2, 0) is 16.1 Å². The van der Waals surface area contributed by atoms with Crippen molar-refractivity contribution in [2.45, 2.75) is 32.9 Å². The number of anilines is 1. The van der Waals surface area contributed by atoms with Gasteiger partial charge in [-0.15, -0.1) is 0 Å². The number of benzene rings is 1. The Bertz CT molecular complexity index is 595. The summed E-state index contributed by atoms with van der Waals surface area (Å²) in [6, 6.07) is 5.36. The molecule has 0 fully saturated rings. The first-order valence-corrected chi connectivity index (χ1v) is 7.44. The average Bonchev–Trinajstić information content (AvgIpc) is 2.65. The van der Waals surface area contributed by atoms with Crippen LogP contribution >= 0.6 is 0 Å². The summed E-state index contributed by atoms with van der Waals surface area (Å²) >= 11 is 0. The maximum atomic E-state index is 12.3. The number of hydrogen-bond acceptors (Lipinski definition) is 5. The minimum absolute atomic E-state index is 0.205. The Balaban J connectivity index is 2.20. The number of fused-ring (bicyclic) bond motifs is 1. The number of carbonyl (C=O) groups is 2. The molecule has 1 amide bonds. The van der Waals surface area contributed by atoms with Gasteiger partial charge in [0.05, 0.1) is 13.1 Å². The molecule has 126 valence electrons. The largest absolute Gasteiger partial charge is 0.491 e. The number of hydrogen-bond donors (Lipinski definition) is 2. The molecular formula is C16H22N2O5. The van der Waals surface area contributed by atoms with Gasteiger partial charge in [0, 0.05) is 11.3 Å². The molecule has 0 aromatic heterocycles. The Morgan fingerprint density at radius 3 is 2.78 bits per heavy atom. The highest BCUT2D eigenvalue weighted by Crippen LogP contribution is 2.30. The van der Waals surface area contributed by atoms with E-state index >= 15 is 0 Å². The van der Waals surface area contributed by atoms with Gasteiger partial charge >= 0.3 is 12.1 Å². The standard InChI is InChI=1S/C16H22N2O5/c1-16(2,3)23-15(21)18-7-8-22-13-6-4-5-12(11(13)10-18)17-9-14(19)20/h4-6,17H,7-10H2,1-3H3,(H,19,20). The van der Waals surface area contributed by atoms with Gasteiger partial charge in [0.2, 0.25) is 0 Å². The van der Waals surface area contributed by atoms with E-state index in [-0.39, 0.29) is 6.54 Å². The van der Waals surface area contributed by atoms with Crippen LogP contribution in [0.3, 0.4) is 0 Å². The fraction of sp³-hybridized carbons (Fsp3) is 0.500. The van der Waals surface area contributed by atoms with E-state index in [1.165, 1.54) is 0 Å². The van der Waals surface area contributed by atoms with E-state index in [4.69, 9.17) is 14.6 Å². The van der Waals surface area contributed by atoms with E-state index in [0.717, 1.165) is 5.56 Å². The van der Waals surface area contributed by atoms with E-state index in [1.807, 2.05) is 20.8 Å². The van der Waals surface area contributed by atoms with E-state index in [0.29, 0.717) is 31.1 Å². The van der Waals surface area contributed by atoms with Crippen LogP contribution in [0.4, 0.5) is 10.5 Å². The lowest BCUT2D eigenvalue weighted by atomic mass is 10.1. The fourth-order valence-electron chi connectivity index (χ4n) is 2.22. The molecule has 0 aliphatic carbocycles. The molecule has 7 heteroatoms. The molecule has 0 saturated carbocycles. The lowest BCUT2D eigenvalue weighted by Gasteiger charge is -2.26. The van der Waals surface area contributed by atoms with E-state index in [1.54, 1.807) is 23.1 Å². The quantitative estimate of drug-likeness (QED) is 0.888. The molecular weight excluding hydrogens is 300 g/mol. The number of ether oxygens (including phenoxy) is 2. The second-order valence-corrected chi connectivity index (χ2v) is 6.28. The van der Waals surface area contributed by atoms with Gasteiger partial charge in [-0.25, -0.2) is 4.79 Å². The van der Waals surface area contributed by atoms with Crippen LogP contribution in [0.5, 0.6) is 5.75 Å². The summed E-state index contributed by atoms with van der Waals surface area (Å²) < 4.78 is 11.1. The topological polar surface area (TPSA) is 88.1 Å². The minimum atomic E-state index is -0.957. The number of aliphatic carboxylic acids is 1. The Labute approximate surface area is 135 Å². The van der Waals surface area contributed by atoms with Crippen molar-refractivity contribution in [2.75, 3.05) is 25.0 Å². The van der Waals surface area contributed by atoms with Crippen LogP contribution in [0.2, 0.25) is 0 Å². The van der Waals surface area contributed by atoms with Gasteiger partial charge in [0.1, 0.15) is 24.5 Å². The molecule has 0 atom stereocenters. The van der Waals surface area contributed by atoms with E-state index in [2.05, 4.69) is 5.32 Å². The normalized spacial score (nSPS) is 14.3. The number of amides is 1. The van der Waals surface area contributed by atoms with Gasteiger partial charge in [-0.05, 0) is 32.9 Å². The van der Waals surface area contributed by atoms with E-state index < -0.39 is 17.7 Å².